The van der Waals surface area contributed by atoms with Crippen LogP contribution in [0.2, 0.25) is 0 Å². The van der Waals surface area contributed by atoms with E-state index in [9.17, 15) is 18.0 Å². The second-order valence-corrected chi connectivity index (χ2v) is 3.43. The average Bonchev–Trinajstić information content (AvgIpc) is 2.25. The van der Waals surface area contributed by atoms with Gasteiger partial charge in [0.05, 0.1) is 5.69 Å². The van der Waals surface area contributed by atoms with Crippen molar-refractivity contribution in [3.8, 4) is 5.75 Å². The lowest BCUT2D eigenvalue weighted by molar-refractivity contribution is -0.274. The van der Waals surface area contributed by atoms with E-state index in [2.05, 4.69) is 10.1 Å². The monoisotopic (exact) mass is 263 g/mol. The summed E-state index contributed by atoms with van der Waals surface area (Å²) in [5.74, 6) is -1.15. The number of carbonyl (C=O) groups is 1. The highest BCUT2D eigenvalue weighted by molar-refractivity contribution is 5.80. The average molecular weight is 263 g/mol. The fourth-order valence-corrected chi connectivity index (χ4v) is 1.15. The number of carbonyl (C=O) groups excluding carboxylic acids is 1. The minimum Gasteiger partial charge on any atom is -0.404 e. The van der Waals surface area contributed by atoms with E-state index >= 15 is 0 Å². The first-order valence-corrected chi connectivity index (χ1v) is 4.93. The highest BCUT2D eigenvalue weighted by Gasteiger charge is 2.32. The molecule has 0 heterocycles. The van der Waals surface area contributed by atoms with Gasteiger partial charge in [0, 0.05) is 6.54 Å². The molecule has 0 fully saturated rings. The van der Waals surface area contributed by atoms with Crippen molar-refractivity contribution >= 4 is 11.6 Å². The van der Waals surface area contributed by atoms with Gasteiger partial charge < -0.3 is 21.5 Å². The molecule has 1 amide bonds. The highest BCUT2D eigenvalue weighted by atomic mass is 19.4. The van der Waals surface area contributed by atoms with Crippen LogP contribution in [0.1, 0.15) is 0 Å². The van der Waals surface area contributed by atoms with E-state index in [1.165, 1.54) is 18.2 Å². The number of benzene rings is 1. The summed E-state index contributed by atoms with van der Waals surface area (Å²) in [6.07, 6.45) is -4.79. The maximum atomic E-state index is 12.1. The van der Waals surface area contributed by atoms with E-state index in [0.717, 1.165) is 6.07 Å². The molecule has 18 heavy (non-hydrogen) atoms. The minimum atomic E-state index is -4.79. The van der Waals surface area contributed by atoms with Crippen LogP contribution < -0.4 is 21.5 Å². The summed E-state index contributed by atoms with van der Waals surface area (Å²) >= 11 is 0. The van der Waals surface area contributed by atoms with Crippen LogP contribution >= 0.6 is 0 Å². The Morgan fingerprint density at radius 2 is 2.00 bits per heavy atom. The molecule has 100 valence electrons. The lowest BCUT2D eigenvalue weighted by atomic mass is 10.2. The predicted octanol–water partition coefficient (Wildman–Crippen LogP) is 0.810. The molecule has 8 heteroatoms. The smallest absolute Gasteiger partial charge is 0.404 e. The Hall–Kier alpha value is -1.96. The van der Waals surface area contributed by atoms with Crippen molar-refractivity contribution in [3.05, 3.63) is 24.3 Å². The van der Waals surface area contributed by atoms with Crippen LogP contribution in [0.5, 0.6) is 5.75 Å². The molecule has 0 radical (unpaired) electrons. The second-order valence-electron chi connectivity index (χ2n) is 3.43. The SMILES string of the molecule is NC(=O)C(N)CNc1ccccc1OC(F)(F)F. The van der Waals surface area contributed by atoms with Gasteiger partial charge >= 0.3 is 6.36 Å². The van der Waals surface area contributed by atoms with Gasteiger partial charge in [-0.15, -0.1) is 13.2 Å². The van der Waals surface area contributed by atoms with E-state index in [0.29, 0.717) is 0 Å². The van der Waals surface area contributed by atoms with Gasteiger partial charge in [-0.05, 0) is 12.1 Å². The topological polar surface area (TPSA) is 90.4 Å². The van der Waals surface area contributed by atoms with E-state index in [-0.39, 0.29) is 12.2 Å². The number of rotatable bonds is 5. The summed E-state index contributed by atoms with van der Waals surface area (Å²) in [5, 5.41) is 2.57. The van der Waals surface area contributed by atoms with Crippen LogP contribution in [-0.2, 0) is 4.79 Å². The molecule has 1 rings (SSSR count). The molecule has 0 spiro atoms. The lowest BCUT2D eigenvalue weighted by Crippen LogP contribution is -2.41. The third kappa shape index (κ3) is 4.50. The van der Waals surface area contributed by atoms with Crippen molar-refractivity contribution in [3.63, 3.8) is 0 Å². The van der Waals surface area contributed by atoms with E-state index in [1.54, 1.807) is 0 Å². The molecule has 5 N–H and O–H groups in total. The van der Waals surface area contributed by atoms with Crippen LogP contribution in [0.15, 0.2) is 24.3 Å². The Morgan fingerprint density at radius 3 is 2.56 bits per heavy atom. The molecule has 5 nitrogen and oxygen atoms in total. The number of nitrogens with two attached hydrogens (primary N) is 2. The Morgan fingerprint density at radius 1 is 1.39 bits per heavy atom. The first-order chi connectivity index (χ1) is 8.29. The number of halogens is 3. The van der Waals surface area contributed by atoms with Crippen molar-refractivity contribution in [2.75, 3.05) is 11.9 Å². The molecule has 1 atom stereocenters. The van der Waals surface area contributed by atoms with Crippen molar-refractivity contribution in [2.24, 2.45) is 11.5 Å². The minimum absolute atomic E-state index is 0.0755. The van der Waals surface area contributed by atoms with Gasteiger partial charge in [0.2, 0.25) is 5.91 Å². The van der Waals surface area contributed by atoms with Gasteiger partial charge in [-0.25, -0.2) is 0 Å². The number of hydrogen-bond donors (Lipinski definition) is 3. The third-order valence-corrected chi connectivity index (χ3v) is 1.99. The number of anilines is 1. The van der Waals surface area contributed by atoms with E-state index in [4.69, 9.17) is 11.5 Å². The Bertz CT molecular complexity index is 423. The molecular weight excluding hydrogens is 251 g/mol. The van der Waals surface area contributed by atoms with E-state index in [1.807, 2.05) is 0 Å². The Labute approximate surface area is 101 Å². The van der Waals surface area contributed by atoms with Crippen molar-refractivity contribution in [1.29, 1.82) is 0 Å². The number of amides is 1. The molecule has 0 aliphatic rings. The van der Waals surface area contributed by atoms with Crippen molar-refractivity contribution < 1.29 is 22.7 Å². The molecular formula is C10H12F3N3O2. The van der Waals surface area contributed by atoms with Crippen molar-refractivity contribution in [1.82, 2.24) is 0 Å². The first-order valence-electron chi connectivity index (χ1n) is 4.93. The molecule has 1 aromatic carbocycles. The molecule has 1 aromatic rings. The van der Waals surface area contributed by atoms with Crippen LogP contribution in [0.4, 0.5) is 18.9 Å². The zero-order valence-corrected chi connectivity index (χ0v) is 9.20. The standard InChI is InChI=1S/C10H12F3N3O2/c11-10(12,13)18-8-4-2-1-3-7(8)16-5-6(14)9(15)17/h1-4,6,16H,5,14H2,(H2,15,17). The molecule has 0 bridgehead atoms. The number of ether oxygens (including phenoxy) is 1. The van der Waals surface area contributed by atoms with Crippen LogP contribution in [-0.4, -0.2) is 24.9 Å². The summed E-state index contributed by atoms with van der Waals surface area (Å²) < 4.78 is 40.1. The van der Waals surface area contributed by atoms with Crippen LogP contribution in [0.25, 0.3) is 0 Å². The lowest BCUT2D eigenvalue weighted by Gasteiger charge is -2.15. The Balaban J connectivity index is 2.73. The van der Waals surface area contributed by atoms with Crippen LogP contribution in [0, 0.1) is 0 Å². The zero-order valence-electron chi connectivity index (χ0n) is 9.20. The predicted molar refractivity (Wildman–Crippen MR) is 58.8 cm³/mol. The fraction of sp³-hybridized carbons (Fsp3) is 0.300. The fourth-order valence-electron chi connectivity index (χ4n) is 1.15. The molecule has 1 unspecified atom stereocenters. The number of nitrogens with one attached hydrogen (secondary N) is 1. The maximum Gasteiger partial charge on any atom is 0.573 e. The van der Waals surface area contributed by atoms with E-state index < -0.39 is 24.1 Å². The van der Waals surface area contributed by atoms with Gasteiger partial charge in [0.1, 0.15) is 6.04 Å². The highest BCUT2D eigenvalue weighted by Crippen LogP contribution is 2.29. The molecule has 0 aromatic heterocycles. The number of alkyl halides is 3. The van der Waals surface area contributed by atoms with Crippen molar-refractivity contribution in [2.45, 2.75) is 12.4 Å². The number of hydrogen-bond acceptors (Lipinski definition) is 4. The van der Waals surface area contributed by atoms with Gasteiger partial charge in [-0.3, -0.25) is 4.79 Å². The molecule has 0 saturated carbocycles. The summed E-state index contributed by atoms with van der Waals surface area (Å²) in [5.41, 5.74) is 10.3. The summed E-state index contributed by atoms with van der Waals surface area (Å²) in [4.78, 5) is 10.7. The maximum absolute atomic E-state index is 12.1. The molecule has 0 aliphatic heterocycles. The summed E-state index contributed by atoms with van der Waals surface area (Å²) in [6, 6.07) is 4.42. The van der Waals surface area contributed by atoms with Gasteiger partial charge in [0.25, 0.3) is 0 Å². The quantitative estimate of drug-likeness (QED) is 0.733. The number of para-hydroxylation sites is 2. The third-order valence-electron chi connectivity index (χ3n) is 1.99. The van der Waals surface area contributed by atoms with Crippen LogP contribution in [0.3, 0.4) is 0 Å². The summed E-state index contributed by atoms with van der Waals surface area (Å²) in [6.45, 7) is -0.0897. The normalized spacial score (nSPS) is 12.9. The van der Waals surface area contributed by atoms with Gasteiger partial charge in [-0.1, -0.05) is 12.1 Å². The van der Waals surface area contributed by atoms with Gasteiger partial charge in [0.15, 0.2) is 5.75 Å². The molecule has 0 saturated heterocycles. The molecule has 0 aliphatic carbocycles. The zero-order chi connectivity index (χ0) is 13.8. The Kier molecular flexibility index (Phi) is 4.38. The van der Waals surface area contributed by atoms with Gasteiger partial charge in [-0.2, -0.15) is 0 Å². The number of primary amides is 1. The summed E-state index contributed by atoms with van der Waals surface area (Å²) in [7, 11) is 0. The first kappa shape index (κ1) is 14.1. The second kappa shape index (κ2) is 5.58. The largest absolute Gasteiger partial charge is 0.573 e.